The van der Waals surface area contributed by atoms with Crippen molar-refractivity contribution in [1.82, 2.24) is 5.32 Å². The quantitative estimate of drug-likeness (QED) is 0.191. The molecule has 4 rings (SSSR count). The molecule has 2 atom stereocenters. The summed E-state index contributed by atoms with van der Waals surface area (Å²) < 4.78 is 13.2. The molecule has 0 unspecified atom stereocenters. The maximum Gasteiger partial charge on any atom is 0.252 e. The number of ether oxygens (including phenoxy) is 2. The van der Waals surface area contributed by atoms with Crippen LogP contribution in [0, 0.1) is 0 Å². The van der Waals surface area contributed by atoms with Gasteiger partial charge in [0.25, 0.3) is 5.91 Å². The van der Waals surface area contributed by atoms with Gasteiger partial charge in [0.1, 0.15) is 5.75 Å². The van der Waals surface area contributed by atoms with Crippen molar-refractivity contribution in [2.24, 2.45) is 4.99 Å². The first kappa shape index (κ1) is 30.4. The van der Waals surface area contributed by atoms with Gasteiger partial charge in [-0.15, -0.1) is 0 Å². The van der Waals surface area contributed by atoms with E-state index in [1.54, 1.807) is 18.2 Å². The van der Waals surface area contributed by atoms with Gasteiger partial charge in [0.05, 0.1) is 6.61 Å². The zero-order valence-corrected chi connectivity index (χ0v) is 25.4. The van der Waals surface area contributed by atoms with Gasteiger partial charge < -0.3 is 19.9 Å². The minimum Gasteiger partial charge on any atom is -0.494 e. The van der Waals surface area contributed by atoms with Gasteiger partial charge in [-0.05, 0) is 60.5 Å². The SMILES string of the molecule is CCCCCNC(=O)[C@]1(Cc2ccc(Br)cc2)N=C(c2ccc(OCCCO)cc2)O[C@@H]1c1ccc(Cl)cc1Cl. The largest absolute Gasteiger partial charge is 0.494 e. The van der Waals surface area contributed by atoms with Crippen LogP contribution in [0.1, 0.15) is 55.4 Å². The second-order valence-electron chi connectivity index (χ2n) is 9.72. The first-order valence-corrected chi connectivity index (χ1v) is 15.0. The molecule has 0 fully saturated rings. The maximum absolute atomic E-state index is 14.1. The Morgan fingerprint density at radius 3 is 2.50 bits per heavy atom. The average Bonchev–Trinajstić information content (AvgIpc) is 3.33. The summed E-state index contributed by atoms with van der Waals surface area (Å²) in [5.41, 5.74) is 0.960. The number of nitrogens with zero attached hydrogens (tertiary/aromatic N) is 1. The standard InChI is InChI=1S/C31H33BrCl2N2O4/c1-2-3-4-16-35-30(38)31(20-21-6-10-23(32)11-7-21)28(26-15-12-24(33)19-27(26)34)40-29(36-31)22-8-13-25(14-9-22)39-18-5-17-37/h6-15,19,28,37H,2-5,16-18,20H2,1H3,(H,35,38)/t28-,31-/m1/s1. The number of rotatable bonds is 13. The number of aliphatic hydroxyl groups is 1. The summed E-state index contributed by atoms with van der Waals surface area (Å²) >= 11 is 16.4. The molecule has 0 aliphatic carbocycles. The highest BCUT2D eigenvalue weighted by atomic mass is 79.9. The number of unbranched alkanes of at least 4 members (excludes halogenated alkanes) is 2. The lowest BCUT2D eigenvalue weighted by Gasteiger charge is -2.31. The predicted octanol–water partition coefficient (Wildman–Crippen LogP) is 7.32. The van der Waals surface area contributed by atoms with Crippen molar-refractivity contribution >= 4 is 50.9 Å². The summed E-state index contributed by atoms with van der Waals surface area (Å²) in [5.74, 6) is 0.795. The van der Waals surface area contributed by atoms with Gasteiger partial charge in [-0.2, -0.15) is 0 Å². The molecule has 9 heteroatoms. The predicted molar refractivity (Wildman–Crippen MR) is 164 cm³/mol. The number of carbonyl (C=O) groups excluding carboxylic acids is 1. The average molecular weight is 648 g/mol. The number of amides is 1. The summed E-state index contributed by atoms with van der Waals surface area (Å²) in [5, 5.41) is 13.0. The van der Waals surface area contributed by atoms with Gasteiger partial charge in [0.2, 0.25) is 5.90 Å². The summed E-state index contributed by atoms with van der Waals surface area (Å²) in [6, 6.07) is 20.4. The summed E-state index contributed by atoms with van der Waals surface area (Å²) in [4.78, 5) is 19.2. The number of hydrogen-bond acceptors (Lipinski definition) is 5. The highest BCUT2D eigenvalue weighted by molar-refractivity contribution is 9.10. The number of halogens is 3. The van der Waals surface area contributed by atoms with Gasteiger partial charge in [0, 0.05) is 51.6 Å². The molecule has 40 heavy (non-hydrogen) atoms. The van der Waals surface area contributed by atoms with Crippen LogP contribution in [-0.4, -0.2) is 42.2 Å². The first-order valence-electron chi connectivity index (χ1n) is 13.4. The van der Waals surface area contributed by atoms with Crippen LogP contribution in [-0.2, 0) is 16.0 Å². The maximum atomic E-state index is 14.1. The Labute approximate surface area is 253 Å². The molecule has 1 heterocycles. The molecular weight excluding hydrogens is 615 g/mol. The minimum atomic E-state index is -1.32. The van der Waals surface area contributed by atoms with Crippen molar-refractivity contribution in [2.75, 3.05) is 19.8 Å². The van der Waals surface area contributed by atoms with Crippen LogP contribution in [0.3, 0.4) is 0 Å². The molecular formula is C31H33BrCl2N2O4. The summed E-state index contributed by atoms with van der Waals surface area (Å²) in [6.45, 7) is 3.15. The first-order chi connectivity index (χ1) is 19.4. The Kier molecular flexibility index (Phi) is 10.9. The van der Waals surface area contributed by atoms with E-state index in [0.29, 0.717) is 58.8 Å². The van der Waals surface area contributed by atoms with Crippen molar-refractivity contribution in [3.8, 4) is 5.75 Å². The number of carbonyl (C=O) groups is 1. The van der Waals surface area contributed by atoms with Crippen LogP contribution in [0.2, 0.25) is 10.0 Å². The summed E-state index contributed by atoms with van der Waals surface area (Å²) in [6.07, 6.45) is 3.00. The highest BCUT2D eigenvalue weighted by Crippen LogP contribution is 2.45. The Bertz CT molecular complexity index is 1320. The third-order valence-electron chi connectivity index (χ3n) is 6.73. The number of benzene rings is 3. The van der Waals surface area contributed by atoms with E-state index in [9.17, 15) is 4.79 Å². The van der Waals surface area contributed by atoms with Crippen LogP contribution in [0.25, 0.3) is 0 Å². The monoisotopic (exact) mass is 646 g/mol. The second kappa shape index (κ2) is 14.4. The summed E-state index contributed by atoms with van der Waals surface area (Å²) in [7, 11) is 0. The van der Waals surface area contributed by atoms with Gasteiger partial charge in [0.15, 0.2) is 11.6 Å². The van der Waals surface area contributed by atoms with Gasteiger partial charge in [-0.25, -0.2) is 4.99 Å². The molecule has 6 nitrogen and oxygen atoms in total. The lowest BCUT2D eigenvalue weighted by molar-refractivity contribution is -0.128. The van der Waals surface area contributed by atoms with Crippen molar-refractivity contribution in [3.05, 3.63) is 97.9 Å². The Morgan fingerprint density at radius 1 is 1.07 bits per heavy atom. The van der Waals surface area contributed by atoms with Crippen molar-refractivity contribution < 1.29 is 19.4 Å². The van der Waals surface area contributed by atoms with E-state index in [1.807, 2.05) is 48.5 Å². The van der Waals surface area contributed by atoms with E-state index < -0.39 is 11.6 Å². The fraction of sp³-hybridized carbons (Fsp3) is 0.355. The Balaban J connectivity index is 1.77. The number of nitrogens with one attached hydrogen (secondary N) is 1. The number of hydrogen-bond donors (Lipinski definition) is 2. The zero-order chi connectivity index (χ0) is 28.5. The van der Waals surface area contributed by atoms with Gasteiger partial charge in [-0.3, -0.25) is 4.79 Å². The van der Waals surface area contributed by atoms with Crippen LogP contribution < -0.4 is 10.1 Å². The van der Waals surface area contributed by atoms with Gasteiger partial charge >= 0.3 is 0 Å². The van der Waals surface area contributed by atoms with E-state index in [1.165, 1.54) is 0 Å². The van der Waals surface area contributed by atoms with E-state index in [2.05, 4.69) is 28.2 Å². The Morgan fingerprint density at radius 2 is 1.82 bits per heavy atom. The molecule has 212 valence electrons. The molecule has 0 aromatic heterocycles. The fourth-order valence-corrected chi connectivity index (χ4v) is 5.39. The highest BCUT2D eigenvalue weighted by Gasteiger charge is 2.53. The molecule has 1 aliphatic heterocycles. The van der Waals surface area contributed by atoms with Crippen LogP contribution in [0.15, 0.2) is 76.2 Å². The molecule has 3 aromatic rings. The molecule has 1 aliphatic rings. The van der Waals surface area contributed by atoms with Crippen LogP contribution in [0.5, 0.6) is 5.75 Å². The third kappa shape index (κ3) is 7.38. The van der Waals surface area contributed by atoms with Crippen molar-refractivity contribution in [1.29, 1.82) is 0 Å². The zero-order valence-electron chi connectivity index (χ0n) is 22.3. The molecule has 0 saturated heterocycles. The van der Waals surface area contributed by atoms with Crippen LogP contribution >= 0.6 is 39.1 Å². The lowest BCUT2D eigenvalue weighted by atomic mass is 9.82. The molecule has 3 aromatic carbocycles. The molecule has 2 N–H and O–H groups in total. The van der Waals surface area contributed by atoms with E-state index in [4.69, 9.17) is 42.8 Å². The fourth-order valence-electron chi connectivity index (χ4n) is 4.62. The topological polar surface area (TPSA) is 80.2 Å². The molecule has 0 bridgehead atoms. The normalized spacial score (nSPS) is 18.2. The molecule has 0 saturated carbocycles. The second-order valence-corrected chi connectivity index (χ2v) is 11.5. The van der Waals surface area contributed by atoms with Gasteiger partial charge in [-0.1, -0.05) is 77.1 Å². The van der Waals surface area contributed by atoms with Crippen molar-refractivity contribution in [3.63, 3.8) is 0 Å². The number of aliphatic imine (C=N–C) groups is 1. The lowest BCUT2D eigenvalue weighted by Crippen LogP contribution is -2.50. The van der Waals surface area contributed by atoms with Crippen LogP contribution in [0.4, 0.5) is 0 Å². The van der Waals surface area contributed by atoms with E-state index >= 15 is 0 Å². The molecule has 0 spiro atoms. The minimum absolute atomic E-state index is 0.0678. The third-order valence-corrected chi connectivity index (χ3v) is 7.82. The number of aliphatic hydroxyl groups excluding tert-OH is 1. The molecule has 0 radical (unpaired) electrons. The smallest absolute Gasteiger partial charge is 0.252 e. The van der Waals surface area contributed by atoms with E-state index in [-0.39, 0.29) is 12.5 Å². The van der Waals surface area contributed by atoms with E-state index in [0.717, 1.165) is 29.3 Å². The van der Waals surface area contributed by atoms with Crippen molar-refractivity contribution in [2.45, 2.75) is 50.7 Å². The Hall–Kier alpha value is -2.58. The molecule has 1 amide bonds.